The second-order valence-corrected chi connectivity index (χ2v) is 8.60. The summed E-state index contributed by atoms with van der Waals surface area (Å²) in [4.78, 5) is 31.2. The van der Waals surface area contributed by atoms with Crippen LogP contribution in [0.25, 0.3) is 17.5 Å². The van der Waals surface area contributed by atoms with Gasteiger partial charge in [0.25, 0.3) is 5.91 Å². The van der Waals surface area contributed by atoms with E-state index in [2.05, 4.69) is 11.5 Å². The van der Waals surface area contributed by atoms with Crippen LogP contribution in [0.1, 0.15) is 46.3 Å². The monoisotopic (exact) mass is 466 g/mol. The van der Waals surface area contributed by atoms with E-state index >= 15 is 0 Å². The Kier molecular flexibility index (Phi) is 5.82. The van der Waals surface area contributed by atoms with Crippen LogP contribution >= 0.6 is 0 Å². The first-order chi connectivity index (χ1) is 17.0. The average Bonchev–Trinajstić information content (AvgIpc) is 3.56. The molecular formula is C28H26N4O3. The molecule has 0 saturated carbocycles. The number of aryl methyl sites for hydroxylation is 1. The molecule has 1 aliphatic heterocycles. The molecule has 176 valence electrons. The Labute approximate surface area is 203 Å². The van der Waals surface area contributed by atoms with Crippen LogP contribution in [-0.2, 0) is 17.8 Å². The van der Waals surface area contributed by atoms with Crippen LogP contribution in [-0.4, -0.2) is 38.1 Å². The van der Waals surface area contributed by atoms with Crippen LogP contribution < -0.4 is 4.90 Å². The average molecular weight is 467 g/mol. The van der Waals surface area contributed by atoms with E-state index in [1.807, 2.05) is 71.6 Å². The van der Waals surface area contributed by atoms with E-state index in [0.717, 1.165) is 47.0 Å². The molecule has 5 rings (SSSR count). The first-order valence-corrected chi connectivity index (χ1v) is 11.6. The van der Waals surface area contributed by atoms with Gasteiger partial charge in [-0.1, -0.05) is 37.3 Å². The molecule has 1 amide bonds. The number of rotatable bonds is 7. The lowest BCUT2D eigenvalue weighted by atomic mass is 10.1. The van der Waals surface area contributed by atoms with E-state index in [1.165, 1.54) is 0 Å². The Morgan fingerprint density at radius 3 is 2.43 bits per heavy atom. The van der Waals surface area contributed by atoms with E-state index in [0.29, 0.717) is 12.1 Å². The van der Waals surface area contributed by atoms with Crippen molar-refractivity contribution in [2.45, 2.75) is 26.3 Å². The SMILES string of the molecule is CCCc1nc(-n2cccc2)c(C=C2C(=O)N(C)c3ccccc32)n1Cc1ccc(C(=O)O)cc1. The number of carbonyl (C=O) groups excluding carboxylic acids is 1. The minimum atomic E-state index is -0.950. The second kappa shape index (κ2) is 9.10. The summed E-state index contributed by atoms with van der Waals surface area (Å²) in [6.45, 7) is 2.62. The Morgan fingerprint density at radius 1 is 1.03 bits per heavy atom. The van der Waals surface area contributed by atoms with Crippen LogP contribution in [0.15, 0.2) is 73.1 Å². The van der Waals surface area contributed by atoms with Crippen molar-refractivity contribution in [1.82, 2.24) is 14.1 Å². The van der Waals surface area contributed by atoms with Gasteiger partial charge in [0.1, 0.15) is 5.82 Å². The zero-order valence-corrected chi connectivity index (χ0v) is 19.7. The number of para-hydroxylation sites is 1. The lowest BCUT2D eigenvalue weighted by molar-refractivity contribution is -0.112. The molecule has 0 saturated heterocycles. The summed E-state index contributed by atoms with van der Waals surface area (Å²) >= 11 is 0. The molecule has 0 spiro atoms. The predicted octanol–water partition coefficient (Wildman–Crippen LogP) is 4.89. The Balaban J connectivity index is 1.69. The molecule has 0 atom stereocenters. The molecular weight excluding hydrogens is 440 g/mol. The number of hydrogen-bond acceptors (Lipinski definition) is 3. The third-order valence-electron chi connectivity index (χ3n) is 6.30. The Morgan fingerprint density at radius 2 is 1.74 bits per heavy atom. The van der Waals surface area contributed by atoms with Crippen molar-refractivity contribution in [3.05, 3.63) is 101 Å². The van der Waals surface area contributed by atoms with Gasteiger partial charge in [-0.05, 0) is 48.4 Å². The van der Waals surface area contributed by atoms with Crippen LogP contribution in [0.2, 0.25) is 0 Å². The highest BCUT2D eigenvalue weighted by Gasteiger charge is 2.30. The second-order valence-electron chi connectivity index (χ2n) is 8.60. The number of aromatic nitrogens is 3. The van der Waals surface area contributed by atoms with Gasteiger partial charge in [0.05, 0.1) is 22.5 Å². The lowest BCUT2D eigenvalue weighted by Crippen LogP contribution is -2.20. The molecule has 0 unspecified atom stereocenters. The zero-order valence-electron chi connectivity index (χ0n) is 19.7. The fourth-order valence-electron chi connectivity index (χ4n) is 4.51. The number of likely N-dealkylation sites (N-methyl/N-ethyl adjacent to an activating group) is 1. The molecule has 3 heterocycles. The van der Waals surface area contributed by atoms with Crippen molar-refractivity contribution in [2.75, 3.05) is 11.9 Å². The van der Waals surface area contributed by atoms with Crippen LogP contribution in [0.5, 0.6) is 0 Å². The van der Waals surface area contributed by atoms with Gasteiger partial charge in [0, 0.05) is 38.0 Å². The smallest absolute Gasteiger partial charge is 0.335 e. The Hall–Kier alpha value is -4.39. The van der Waals surface area contributed by atoms with Gasteiger partial charge in [-0.3, -0.25) is 4.79 Å². The molecule has 0 radical (unpaired) electrons. The fraction of sp³-hybridized carbons (Fsp3) is 0.179. The van der Waals surface area contributed by atoms with Crippen molar-refractivity contribution < 1.29 is 14.7 Å². The first kappa shape index (κ1) is 22.4. The van der Waals surface area contributed by atoms with Crippen molar-refractivity contribution >= 4 is 29.2 Å². The maximum Gasteiger partial charge on any atom is 0.335 e. The number of benzene rings is 2. The molecule has 0 fully saturated rings. The van der Waals surface area contributed by atoms with Crippen molar-refractivity contribution in [1.29, 1.82) is 0 Å². The molecule has 2 aromatic carbocycles. The lowest BCUT2D eigenvalue weighted by Gasteiger charge is -2.12. The standard InChI is InChI=1S/C28H26N4O3/c1-3-8-25-29-26(31-15-6-7-16-31)24(32(25)18-19-11-13-20(14-12-19)28(34)35)17-22-21-9-4-5-10-23(21)30(2)27(22)33/h4-7,9-17H,3,8,18H2,1-2H3,(H,34,35). The summed E-state index contributed by atoms with van der Waals surface area (Å²) in [5.74, 6) is 0.666. The summed E-state index contributed by atoms with van der Waals surface area (Å²) in [6.07, 6.45) is 7.53. The number of imidazole rings is 1. The molecule has 0 aliphatic carbocycles. The van der Waals surface area contributed by atoms with Gasteiger partial charge in [-0.2, -0.15) is 0 Å². The topological polar surface area (TPSA) is 80.4 Å². The highest BCUT2D eigenvalue weighted by Crippen LogP contribution is 2.37. The molecule has 2 aromatic heterocycles. The van der Waals surface area contributed by atoms with Crippen molar-refractivity contribution in [3.63, 3.8) is 0 Å². The first-order valence-electron chi connectivity index (χ1n) is 11.6. The Bertz CT molecular complexity index is 1430. The number of anilines is 1. The third kappa shape index (κ3) is 4.05. The minimum Gasteiger partial charge on any atom is -0.478 e. The van der Waals surface area contributed by atoms with Gasteiger partial charge >= 0.3 is 5.97 Å². The van der Waals surface area contributed by atoms with Crippen molar-refractivity contribution in [2.24, 2.45) is 0 Å². The number of hydrogen-bond donors (Lipinski definition) is 1. The fourth-order valence-corrected chi connectivity index (χ4v) is 4.51. The summed E-state index contributed by atoms with van der Waals surface area (Å²) in [5, 5.41) is 9.26. The summed E-state index contributed by atoms with van der Waals surface area (Å²) in [5.41, 5.74) is 4.45. The van der Waals surface area contributed by atoms with Crippen LogP contribution in [0.4, 0.5) is 5.69 Å². The predicted molar refractivity (Wildman–Crippen MR) is 136 cm³/mol. The number of carbonyl (C=O) groups is 2. The highest BCUT2D eigenvalue weighted by atomic mass is 16.4. The van der Waals surface area contributed by atoms with Gasteiger partial charge < -0.3 is 19.1 Å². The molecule has 7 nitrogen and oxygen atoms in total. The van der Waals surface area contributed by atoms with E-state index in [-0.39, 0.29) is 11.5 Å². The zero-order chi connectivity index (χ0) is 24.5. The molecule has 7 heteroatoms. The highest BCUT2D eigenvalue weighted by molar-refractivity contribution is 6.35. The summed E-state index contributed by atoms with van der Waals surface area (Å²) < 4.78 is 4.10. The number of carboxylic acids is 1. The largest absolute Gasteiger partial charge is 0.478 e. The maximum atomic E-state index is 13.2. The van der Waals surface area contributed by atoms with E-state index in [9.17, 15) is 14.7 Å². The molecule has 4 aromatic rings. The summed E-state index contributed by atoms with van der Waals surface area (Å²) in [7, 11) is 1.79. The van der Waals surface area contributed by atoms with Gasteiger partial charge in [0.2, 0.25) is 0 Å². The van der Waals surface area contributed by atoms with E-state index in [4.69, 9.17) is 4.98 Å². The van der Waals surface area contributed by atoms with Crippen LogP contribution in [0, 0.1) is 0 Å². The molecule has 1 N–H and O–H groups in total. The summed E-state index contributed by atoms with van der Waals surface area (Å²) in [6, 6.07) is 18.6. The molecule has 1 aliphatic rings. The number of amides is 1. The van der Waals surface area contributed by atoms with E-state index < -0.39 is 5.97 Å². The van der Waals surface area contributed by atoms with Crippen LogP contribution in [0.3, 0.4) is 0 Å². The maximum absolute atomic E-state index is 13.2. The van der Waals surface area contributed by atoms with Crippen molar-refractivity contribution in [3.8, 4) is 5.82 Å². The molecule has 0 bridgehead atoms. The van der Waals surface area contributed by atoms with Gasteiger partial charge in [0.15, 0.2) is 5.82 Å². The van der Waals surface area contributed by atoms with E-state index in [1.54, 1.807) is 24.1 Å². The van der Waals surface area contributed by atoms with Gasteiger partial charge in [-0.25, -0.2) is 9.78 Å². The third-order valence-corrected chi connectivity index (χ3v) is 6.30. The quantitative estimate of drug-likeness (QED) is 0.393. The minimum absolute atomic E-state index is 0.0553. The number of nitrogens with zero attached hydrogens (tertiary/aromatic N) is 4. The number of carboxylic acid groups (broad SMARTS) is 1. The van der Waals surface area contributed by atoms with Gasteiger partial charge in [-0.15, -0.1) is 0 Å². The number of aromatic carboxylic acids is 1. The number of fused-ring (bicyclic) bond motifs is 1. The normalized spacial score (nSPS) is 14.1. The molecule has 35 heavy (non-hydrogen) atoms.